The van der Waals surface area contributed by atoms with Crippen LogP contribution in [0.4, 0.5) is 11.4 Å². The topological polar surface area (TPSA) is 112 Å². The average Bonchev–Trinajstić information content (AvgIpc) is 2.61. The highest BCUT2D eigenvalue weighted by molar-refractivity contribution is 6.33. The third kappa shape index (κ3) is 4.24. The number of ether oxygens (including phenoxy) is 1. The first kappa shape index (κ1) is 18.4. The van der Waals surface area contributed by atoms with Crippen molar-refractivity contribution in [1.82, 2.24) is 0 Å². The molecule has 0 atom stereocenters. The highest BCUT2D eigenvalue weighted by Gasteiger charge is 2.13. The lowest BCUT2D eigenvalue weighted by Gasteiger charge is -2.09. The Labute approximate surface area is 157 Å². The molecule has 1 amide bonds. The third-order valence-electron chi connectivity index (χ3n) is 3.73. The van der Waals surface area contributed by atoms with Gasteiger partial charge in [-0.05, 0) is 30.7 Å². The number of non-ortho nitro benzene ring substituents is 1. The number of halogens is 1. The summed E-state index contributed by atoms with van der Waals surface area (Å²) >= 11 is 5.94. The molecule has 0 aliphatic heterocycles. The largest absolute Gasteiger partial charge is 0.484 e. The van der Waals surface area contributed by atoms with Crippen molar-refractivity contribution in [2.24, 2.45) is 0 Å². The number of carbonyl (C=O) groups is 1. The summed E-state index contributed by atoms with van der Waals surface area (Å²) in [5.74, 6) is -0.222. The van der Waals surface area contributed by atoms with Crippen LogP contribution in [0.1, 0.15) is 5.56 Å². The summed E-state index contributed by atoms with van der Waals surface area (Å²) in [4.78, 5) is 33.7. The summed E-state index contributed by atoms with van der Waals surface area (Å²) in [6.45, 7) is 1.43. The minimum atomic E-state index is -0.590. The van der Waals surface area contributed by atoms with Gasteiger partial charge in [0, 0.05) is 29.7 Å². The van der Waals surface area contributed by atoms with Crippen LogP contribution in [0.15, 0.2) is 51.7 Å². The molecule has 3 aromatic rings. The Balaban J connectivity index is 1.71. The zero-order chi connectivity index (χ0) is 19.6. The minimum absolute atomic E-state index is 0.111. The molecule has 8 nitrogen and oxygen atoms in total. The van der Waals surface area contributed by atoms with E-state index >= 15 is 0 Å². The maximum Gasteiger partial charge on any atom is 0.336 e. The number of hydrogen-bond acceptors (Lipinski definition) is 6. The van der Waals surface area contributed by atoms with Crippen molar-refractivity contribution in [2.45, 2.75) is 6.92 Å². The fourth-order valence-corrected chi connectivity index (χ4v) is 2.62. The molecule has 1 heterocycles. The Morgan fingerprint density at radius 3 is 2.78 bits per heavy atom. The number of anilines is 1. The van der Waals surface area contributed by atoms with E-state index in [1.54, 1.807) is 19.1 Å². The lowest BCUT2D eigenvalue weighted by molar-refractivity contribution is -0.384. The average molecular weight is 389 g/mol. The van der Waals surface area contributed by atoms with E-state index in [2.05, 4.69) is 5.32 Å². The number of fused-ring (bicyclic) bond motifs is 1. The fourth-order valence-electron chi connectivity index (χ4n) is 2.45. The first-order valence-electron chi connectivity index (χ1n) is 7.74. The van der Waals surface area contributed by atoms with Crippen molar-refractivity contribution in [2.75, 3.05) is 11.9 Å². The van der Waals surface area contributed by atoms with E-state index < -0.39 is 16.5 Å². The number of hydrogen-bond donors (Lipinski definition) is 1. The maximum absolute atomic E-state index is 12.1. The molecule has 1 aromatic heterocycles. The van der Waals surface area contributed by atoms with Gasteiger partial charge in [-0.25, -0.2) is 4.79 Å². The van der Waals surface area contributed by atoms with Crippen LogP contribution in [0.5, 0.6) is 5.75 Å². The van der Waals surface area contributed by atoms with Crippen LogP contribution in [-0.4, -0.2) is 17.4 Å². The molecule has 0 aliphatic rings. The molecule has 0 radical (unpaired) electrons. The van der Waals surface area contributed by atoms with Gasteiger partial charge in [0.15, 0.2) is 6.61 Å². The zero-order valence-corrected chi connectivity index (χ0v) is 14.8. The van der Waals surface area contributed by atoms with Crippen LogP contribution in [0.3, 0.4) is 0 Å². The molecule has 0 saturated carbocycles. The first-order valence-corrected chi connectivity index (χ1v) is 8.12. The van der Waals surface area contributed by atoms with E-state index in [0.717, 1.165) is 17.0 Å². The smallest absolute Gasteiger partial charge is 0.336 e. The second-order valence-electron chi connectivity index (χ2n) is 5.66. The van der Waals surface area contributed by atoms with Crippen molar-refractivity contribution < 1.29 is 18.9 Å². The quantitative estimate of drug-likeness (QED) is 0.405. The molecule has 0 aliphatic carbocycles. The summed E-state index contributed by atoms with van der Waals surface area (Å²) < 4.78 is 10.5. The van der Waals surface area contributed by atoms with Gasteiger partial charge in [-0.2, -0.15) is 0 Å². The summed E-state index contributed by atoms with van der Waals surface area (Å²) in [6.07, 6.45) is 0. The molecule has 0 saturated heterocycles. The number of nitrogens with zero attached hydrogens (tertiary/aromatic N) is 1. The van der Waals surface area contributed by atoms with E-state index in [1.807, 2.05) is 0 Å². The Morgan fingerprint density at radius 2 is 2.04 bits per heavy atom. The van der Waals surface area contributed by atoms with Crippen LogP contribution in [0.2, 0.25) is 5.02 Å². The van der Waals surface area contributed by atoms with Crippen LogP contribution in [-0.2, 0) is 4.79 Å². The summed E-state index contributed by atoms with van der Waals surface area (Å²) in [6, 6.07) is 9.98. The van der Waals surface area contributed by atoms with Crippen LogP contribution < -0.4 is 15.7 Å². The third-order valence-corrected chi connectivity index (χ3v) is 4.06. The van der Waals surface area contributed by atoms with E-state index in [1.165, 1.54) is 24.3 Å². The number of nitro groups is 1. The zero-order valence-electron chi connectivity index (χ0n) is 14.0. The number of rotatable bonds is 5. The molecule has 1 N–H and O–H groups in total. The lowest BCUT2D eigenvalue weighted by atomic mass is 10.1. The molecule has 0 unspecified atom stereocenters. The summed E-state index contributed by atoms with van der Waals surface area (Å²) in [5, 5.41) is 14.2. The molecule has 0 spiro atoms. The minimum Gasteiger partial charge on any atom is -0.484 e. The normalized spacial score (nSPS) is 10.6. The van der Waals surface area contributed by atoms with Crippen molar-refractivity contribution >= 4 is 39.9 Å². The SMILES string of the molecule is Cc1cc(=O)oc2cc(OCC(=O)Nc3cc([N+](=O)[O-])ccc3Cl)ccc12. The Kier molecular flexibility index (Phi) is 5.09. The van der Waals surface area contributed by atoms with Crippen LogP contribution in [0.25, 0.3) is 11.0 Å². The van der Waals surface area contributed by atoms with Crippen LogP contribution in [0, 0.1) is 17.0 Å². The Hall–Kier alpha value is -3.39. The van der Waals surface area contributed by atoms with E-state index in [4.69, 9.17) is 20.8 Å². The Morgan fingerprint density at radius 1 is 1.26 bits per heavy atom. The van der Waals surface area contributed by atoms with Gasteiger partial charge in [0.2, 0.25) is 0 Å². The monoisotopic (exact) mass is 388 g/mol. The molecule has 3 rings (SSSR count). The predicted octanol–water partition coefficient (Wildman–Crippen LogP) is 3.68. The van der Waals surface area contributed by atoms with Gasteiger partial charge in [0.1, 0.15) is 11.3 Å². The van der Waals surface area contributed by atoms with Crippen molar-refractivity contribution in [3.05, 3.63) is 73.6 Å². The molecule has 2 aromatic carbocycles. The summed E-state index contributed by atoms with van der Waals surface area (Å²) in [5.41, 5.74) is 0.552. The second-order valence-corrected chi connectivity index (χ2v) is 6.07. The highest BCUT2D eigenvalue weighted by Crippen LogP contribution is 2.27. The molecule has 0 bridgehead atoms. The standard InChI is InChI=1S/C18H13ClN2O6/c1-10-6-18(23)27-16-8-12(3-4-13(10)16)26-9-17(22)20-15-7-11(21(24)25)2-5-14(15)19/h2-8H,9H2,1H3,(H,20,22). The number of aryl methyl sites for hydroxylation is 1. The van der Waals surface area contributed by atoms with Gasteiger partial charge in [0.05, 0.1) is 15.6 Å². The highest BCUT2D eigenvalue weighted by atomic mass is 35.5. The number of nitrogens with one attached hydrogen (secondary N) is 1. The molecular formula is C18H13ClN2O6. The van der Waals surface area contributed by atoms with Crippen molar-refractivity contribution in [1.29, 1.82) is 0 Å². The first-order chi connectivity index (χ1) is 12.8. The van der Waals surface area contributed by atoms with Gasteiger partial charge >= 0.3 is 5.63 Å². The van der Waals surface area contributed by atoms with Gasteiger partial charge in [0.25, 0.3) is 11.6 Å². The fraction of sp³-hybridized carbons (Fsp3) is 0.111. The second kappa shape index (κ2) is 7.46. The summed E-state index contributed by atoms with van der Waals surface area (Å²) in [7, 11) is 0. The van der Waals surface area contributed by atoms with Crippen molar-refractivity contribution in [3.63, 3.8) is 0 Å². The molecule has 9 heteroatoms. The molecular weight excluding hydrogens is 376 g/mol. The number of nitro benzene ring substituents is 1. The maximum atomic E-state index is 12.1. The molecule has 27 heavy (non-hydrogen) atoms. The number of carbonyl (C=O) groups excluding carboxylic acids is 1. The van der Waals surface area contributed by atoms with Crippen molar-refractivity contribution in [3.8, 4) is 5.75 Å². The van der Waals surface area contributed by atoms with E-state index in [-0.39, 0.29) is 23.0 Å². The Bertz CT molecular complexity index is 1110. The van der Waals surface area contributed by atoms with Gasteiger partial charge in [-0.3, -0.25) is 14.9 Å². The van der Waals surface area contributed by atoms with Gasteiger partial charge < -0.3 is 14.5 Å². The predicted molar refractivity (Wildman–Crippen MR) is 99.5 cm³/mol. The molecule has 138 valence electrons. The van der Waals surface area contributed by atoms with Crippen LogP contribution >= 0.6 is 11.6 Å². The molecule has 0 fully saturated rings. The van der Waals surface area contributed by atoms with E-state index in [0.29, 0.717) is 11.3 Å². The lowest BCUT2D eigenvalue weighted by Crippen LogP contribution is -2.20. The van der Waals surface area contributed by atoms with E-state index in [9.17, 15) is 19.7 Å². The van der Waals surface area contributed by atoms with Gasteiger partial charge in [-0.1, -0.05) is 11.6 Å². The number of benzene rings is 2. The van der Waals surface area contributed by atoms with Gasteiger partial charge in [-0.15, -0.1) is 0 Å². The number of amides is 1.